The molecule has 0 saturated heterocycles. The number of anilines is 1. The first-order chi connectivity index (χ1) is 6.25. The van der Waals surface area contributed by atoms with Crippen LogP contribution in [-0.2, 0) is 13.2 Å². The molecule has 0 unspecified atom stereocenters. The maximum Gasteiger partial charge on any atom is 0.437 e. The third-order valence-electron chi connectivity index (χ3n) is 1.67. The highest BCUT2D eigenvalue weighted by molar-refractivity contribution is 6.32. The normalized spacial score (nSPS) is 11.9. The van der Waals surface area contributed by atoms with Gasteiger partial charge in [0.2, 0.25) is 0 Å². The number of aryl methyl sites for hydroxylation is 1. The average Bonchev–Trinajstić information content (AvgIpc) is 2.27. The van der Waals surface area contributed by atoms with E-state index in [-0.39, 0.29) is 10.8 Å². The van der Waals surface area contributed by atoms with Gasteiger partial charge in [-0.1, -0.05) is 11.6 Å². The molecule has 0 bridgehead atoms. The first-order valence-electron chi connectivity index (χ1n) is 3.72. The zero-order chi connectivity index (χ0) is 11.1. The summed E-state index contributed by atoms with van der Waals surface area (Å²) in [6.07, 6.45) is -4.48. The molecule has 0 aliphatic heterocycles. The van der Waals surface area contributed by atoms with Crippen LogP contribution in [0.5, 0.6) is 0 Å². The minimum Gasteiger partial charge on any atom is -0.373 e. The minimum atomic E-state index is -4.48. The molecule has 7 heteroatoms. The third-order valence-corrected chi connectivity index (χ3v) is 2.09. The van der Waals surface area contributed by atoms with Crippen molar-refractivity contribution in [2.75, 3.05) is 19.0 Å². The van der Waals surface area contributed by atoms with Gasteiger partial charge in [-0.15, -0.1) is 0 Å². The van der Waals surface area contributed by atoms with Gasteiger partial charge < -0.3 is 4.90 Å². The number of nitrogens with zero attached hydrogens (tertiary/aromatic N) is 3. The Morgan fingerprint density at radius 3 is 2.14 bits per heavy atom. The van der Waals surface area contributed by atoms with Crippen molar-refractivity contribution in [3.8, 4) is 0 Å². The highest BCUT2D eigenvalue weighted by Gasteiger charge is 2.39. The van der Waals surface area contributed by atoms with Gasteiger partial charge in [-0.25, -0.2) is 0 Å². The van der Waals surface area contributed by atoms with E-state index in [2.05, 4.69) is 5.10 Å². The quantitative estimate of drug-likeness (QED) is 0.733. The van der Waals surface area contributed by atoms with E-state index in [1.165, 1.54) is 26.0 Å². The summed E-state index contributed by atoms with van der Waals surface area (Å²) >= 11 is 5.67. The molecule has 1 rings (SSSR count). The van der Waals surface area contributed by atoms with Crippen molar-refractivity contribution in [3.05, 3.63) is 10.8 Å². The van der Waals surface area contributed by atoms with Gasteiger partial charge in [0, 0.05) is 21.1 Å². The summed E-state index contributed by atoms with van der Waals surface area (Å²) < 4.78 is 38.3. The SMILES string of the molecule is CN(C)c1c(C(F)(F)F)nn(C)c1Cl. The van der Waals surface area contributed by atoms with E-state index in [9.17, 15) is 13.2 Å². The molecule has 0 saturated carbocycles. The van der Waals surface area contributed by atoms with Gasteiger partial charge in [-0.2, -0.15) is 18.3 Å². The number of aromatic nitrogens is 2. The van der Waals surface area contributed by atoms with Crippen LogP contribution in [0.3, 0.4) is 0 Å². The Balaban J connectivity index is 3.37. The van der Waals surface area contributed by atoms with Gasteiger partial charge in [-0.3, -0.25) is 4.68 Å². The molecule has 1 aromatic heterocycles. The number of alkyl halides is 3. The summed E-state index contributed by atoms with van der Waals surface area (Å²) in [6.45, 7) is 0. The Bertz CT molecular complexity index is 343. The summed E-state index contributed by atoms with van der Waals surface area (Å²) in [5.41, 5.74) is -1.07. The minimum absolute atomic E-state index is 0.0256. The zero-order valence-corrected chi connectivity index (χ0v) is 8.61. The molecule has 3 nitrogen and oxygen atoms in total. The fourth-order valence-electron chi connectivity index (χ4n) is 1.08. The van der Waals surface area contributed by atoms with Crippen molar-refractivity contribution in [1.29, 1.82) is 0 Å². The second kappa shape index (κ2) is 3.34. The molecule has 1 heterocycles. The van der Waals surface area contributed by atoms with E-state index in [0.29, 0.717) is 0 Å². The van der Waals surface area contributed by atoms with Gasteiger partial charge in [0.05, 0.1) is 0 Å². The maximum absolute atomic E-state index is 12.4. The van der Waals surface area contributed by atoms with Gasteiger partial charge in [0.15, 0.2) is 10.8 Å². The molecular weight excluding hydrogens is 219 g/mol. The zero-order valence-electron chi connectivity index (χ0n) is 7.85. The molecule has 0 N–H and O–H groups in total. The standard InChI is InChI=1S/C7H9ClF3N3/c1-13(2)4-5(7(9,10)11)12-14(3)6(4)8/h1-3H3. The van der Waals surface area contributed by atoms with E-state index < -0.39 is 11.9 Å². The molecule has 80 valence electrons. The summed E-state index contributed by atoms with van der Waals surface area (Å²) in [5, 5.41) is 3.30. The molecule has 0 aromatic carbocycles. The number of halogens is 4. The van der Waals surface area contributed by atoms with Crippen molar-refractivity contribution >= 4 is 17.3 Å². The van der Waals surface area contributed by atoms with E-state index in [1.54, 1.807) is 0 Å². The van der Waals surface area contributed by atoms with Gasteiger partial charge in [0.1, 0.15) is 5.69 Å². The van der Waals surface area contributed by atoms with Crippen molar-refractivity contribution in [2.24, 2.45) is 7.05 Å². The topological polar surface area (TPSA) is 21.1 Å². The van der Waals surface area contributed by atoms with Gasteiger partial charge >= 0.3 is 6.18 Å². The Labute approximate surface area is 84.1 Å². The molecule has 1 aromatic rings. The van der Waals surface area contributed by atoms with Crippen molar-refractivity contribution in [1.82, 2.24) is 9.78 Å². The van der Waals surface area contributed by atoms with Crippen molar-refractivity contribution in [2.45, 2.75) is 6.18 Å². The van der Waals surface area contributed by atoms with Crippen LogP contribution in [0.2, 0.25) is 5.15 Å². The summed E-state index contributed by atoms with van der Waals surface area (Å²) in [4.78, 5) is 1.29. The lowest BCUT2D eigenvalue weighted by atomic mass is 10.3. The predicted octanol–water partition coefficient (Wildman–Crippen LogP) is 2.16. The first kappa shape index (κ1) is 11.2. The third kappa shape index (κ3) is 1.79. The second-order valence-corrected chi connectivity index (χ2v) is 3.36. The highest BCUT2D eigenvalue weighted by Crippen LogP contribution is 2.38. The number of rotatable bonds is 1. The van der Waals surface area contributed by atoms with Crippen LogP contribution in [-0.4, -0.2) is 23.9 Å². The van der Waals surface area contributed by atoms with Gasteiger partial charge in [-0.05, 0) is 0 Å². The Hall–Kier alpha value is -0.910. The summed E-state index contributed by atoms with van der Waals surface area (Å²) in [5.74, 6) is 0. The monoisotopic (exact) mass is 227 g/mol. The number of hydrogen-bond donors (Lipinski definition) is 0. The van der Waals surface area contributed by atoms with Crippen LogP contribution >= 0.6 is 11.6 Å². The van der Waals surface area contributed by atoms with Crippen LogP contribution in [0.15, 0.2) is 0 Å². The van der Waals surface area contributed by atoms with Crippen LogP contribution < -0.4 is 4.90 Å². The maximum atomic E-state index is 12.4. The molecule has 0 radical (unpaired) electrons. The van der Waals surface area contributed by atoms with E-state index >= 15 is 0 Å². The van der Waals surface area contributed by atoms with Crippen LogP contribution in [0.25, 0.3) is 0 Å². The molecule has 14 heavy (non-hydrogen) atoms. The molecule has 0 aliphatic rings. The smallest absolute Gasteiger partial charge is 0.373 e. The van der Waals surface area contributed by atoms with Crippen molar-refractivity contribution in [3.63, 3.8) is 0 Å². The molecule has 0 aliphatic carbocycles. The summed E-state index contributed by atoms with van der Waals surface area (Å²) in [7, 11) is 4.33. The second-order valence-electron chi connectivity index (χ2n) is 3.00. The lowest BCUT2D eigenvalue weighted by molar-refractivity contribution is -0.140. The largest absolute Gasteiger partial charge is 0.437 e. The van der Waals surface area contributed by atoms with E-state index in [1.807, 2.05) is 0 Å². The van der Waals surface area contributed by atoms with E-state index in [4.69, 9.17) is 11.6 Å². The Morgan fingerprint density at radius 1 is 1.36 bits per heavy atom. The predicted molar refractivity (Wildman–Crippen MR) is 47.5 cm³/mol. The van der Waals surface area contributed by atoms with Gasteiger partial charge in [0.25, 0.3) is 0 Å². The fraction of sp³-hybridized carbons (Fsp3) is 0.571. The Morgan fingerprint density at radius 2 is 1.86 bits per heavy atom. The summed E-state index contributed by atoms with van der Waals surface area (Å²) in [6, 6.07) is 0. The van der Waals surface area contributed by atoms with Crippen LogP contribution in [0.1, 0.15) is 5.69 Å². The van der Waals surface area contributed by atoms with E-state index in [0.717, 1.165) is 4.68 Å². The lowest BCUT2D eigenvalue weighted by Gasteiger charge is -2.13. The van der Waals surface area contributed by atoms with Crippen molar-refractivity contribution < 1.29 is 13.2 Å². The number of hydrogen-bond acceptors (Lipinski definition) is 2. The van der Waals surface area contributed by atoms with Crippen LogP contribution in [0, 0.1) is 0 Å². The molecular formula is C7H9ClF3N3. The first-order valence-corrected chi connectivity index (χ1v) is 4.10. The molecule has 0 atom stereocenters. The molecule has 0 fully saturated rings. The fourth-order valence-corrected chi connectivity index (χ4v) is 1.38. The van der Waals surface area contributed by atoms with Crippen LogP contribution in [0.4, 0.5) is 18.9 Å². The Kier molecular flexibility index (Phi) is 2.67. The molecule has 0 amide bonds. The molecule has 0 spiro atoms. The lowest BCUT2D eigenvalue weighted by Crippen LogP contribution is -2.15. The average molecular weight is 228 g/mol. The highest BCUT2D eigenvalue weighted by atomic mass is 35.5.